The Labute approximate surface area is 86.6 Å². The van der Waals surface area contributed by atoms with E-state index in [4.69, 9.17) is 5.73 Å². The molecule has 0 spiro atoms. The van der Waals surface area contributed by atoms with Gasteiger partial charge in [-0.25, -0.2) is 0 Å². The third-order valence-corrected chi connectivity index (χ3v) is 3.29. The van der Waals surface area contributed by atoms with Gasteiger partial charge >= 0.3 is 0 Å². The molecule has 14 heavy (non-hydrogen) atoms. The maximum absolute atomic E-state index is 12.0. The van der Waals surface area contributed by atoms with E-state index in [1.54, 1.807) is 0 Å². The number of amides is 1. The van der Waals surface area contributed by atoms with Gasteiger partial charge in [-0.3, -0.25) is 4.79 Å². The van der Waals surface area contributed by atoms with E-state index in [0.717, 1.165) is 19.3 Å². The van der Waals surface area contributed by atoms with E-state index in [9.17, 15) is 4.79 Å². The predicted octanol–water partition coefficient (Wildman–Crippen LogP) is 1.37. The number of carbonyl (C=O) groups is 1. The number of nitrogens with zero attached hydrogens (tertiary/aromatic N) is 1. The average Bonchev–Trinajstić information content (AvgIpc) is 2.57. The zero-order valence-corrected chi connectivity index (χ0v) is 9.49. The van der Waals surface area contributed by atoms with Crippen molar-refractivity contribution in [3.63, 3.8) is 0 Å². The highest BCUT2D eigenvalue weighted by Crippen LogP contribution is 2.27. The van der Waals surface area contributed by atoms with Crippen molar-refractivity contribution in [2.75, 3.05) is 6.54 Å². The van der Waals surface area contributed by atoms with E-state index in [2.05, 4.69) is 18.7 Å². The van der Waals surface area contributed by atoms with Crippen molar-refractivity contribution in [1.29, 1.82) is 0 Å². The highest BCUT2D eigenvalue weighted by molar-refractivity contribution is 5.79. The summed E-state index contributed by atoms with van der Waals surface area (Å²) in [5.41, 5.74) is 5.53. The van der Waals surface area contributed by atoms with E-state index in [1.807, 2.05) is 6.92 Å². The molecule has 2 N–H and O–H groups in total. The fourth-order valence-corrected chi connectivity index (χ4v) is 2.22. The van der Waals surface area contributed by atoms with Crippen molar-refractivity contribution in [2.45, 2.75) is 52.1 Å². The number of likely N-dealkylation sites (tertiary alicyclic amines) is 1. The molecule has 1 aliphatic rings. The summed E-state index contributed by atoms with van der Waals surface area (Å²) in [6.45, 7) is 6.66. The van der Waals surface area contributed by atoms with Gasteiger partial charge in [0, 0.05) is 24.5 Å². The SMILES string of the molecule is CCC1CCC(C)N1C(=O)C(C)CN. The summed E-state index contributed by atoms with van der Waals surface area (Å²) in [5.74, 6) is 0.217. The first-order valence-corrected chi connectivity index (χ1v) is 5.64. The highest BCUT2D eigenvalue weighted by atomic mass is 16.2. The molecule has 3 heteroatoms. The van der Waals surface area contributed by atoms with Crippen LogP contribution in [0.1, 0.15) is 40.0 Å². The molecule has 0 aromatic rings. The second-order valence-corrected chi connectivity index (χ2v) is 4.37. The molecule has 1 amide bonds. The Morgan fingerprint density at radius 1 is 1.57 bits per heavy atom. The van der Waals surface area contributed by atoms with Gasteiger partial charge in [0.2, 0.25) is 5.91 Å². The quantitative estimate of drug-likeness (QED) is 0.744. The van der Waals surface area contributed by atoms with Crippen molar-refractivity contribution < 1.29 is 4.79 Å². The van der Waals surface area contributed by atoms with Crippen LogP contribution in [0.2, 0.25) is 0 Å². The van der Waals surface area contributed by atoms with Crippen LogP contribution in [-0.2, 0) is 4.79 Å². The molecule has 0 saturated carbocycles. The van der Waals surface area contributed by atoms with Crippen molar-refractivity contribution >= 4 is 5.91 Å². The molecule has 82 valence electrons. The van der Waals surface area contributed by atoms with Crippen LogP contribution in [0.3, 0.4) is 0 Å². The summed E-state index contributed by atoms with van der Waals surface area (Å²) < 4.78 is 0. The van der Waals surface area contributed by atoms with E-state index in [1.165, 1.54) is 0 Å². The molecular weight excluding hydrogens is 176 g/mol. The van der Waals surface area contributed by atoms with Gasteiger partial charge < -0.3 is 10.6 Å². The molecule has 3 nitrogen and oxygen atoms in total. The standard InChI is InChI=1S/C11H22N2O/c1-4-10-6-5-9(3)13(10)11(14)8(2)7-12/h8-10H,4-7,12H2,1-3H3. The third-order valence-electron chi connectivity index (χ3n) is 3.29. The first-order chi connectivity index (χ1) is 6.61. The van der Waals surface area contributed by atoms with Gasteiger partial charge in [0.1, 0.15) is 0 Å². The van der Waals surface area contributed by atoms with Gasteiger partial charge in [0.25, 0.3) is 0 Å². The summed E-state index contributed by atoms with van der Waals surface area (Å²) >= 11 is 0. The molecule has 1 rings (SSSR count). The molecule has 1 heterocycles. The molecule has 1 fully saturated rings. The number of rotatable bonds is 3. The molecular formula is C11H22N2O. The lowest BCUT2D eigenvalue weighted by atomic mass is 10.1. The van der Waals surface area contributed by atoms with Crippen LogP contribution in [0.15, 0.2) is 0 Å². The Kier molecular flexibility index (Phi) is 3.93. The minimum atomic E-state index is -0.0235. The topological polar surface area (TPSA) is 46.3 Å². The molecule has 0 radical (unpaired) electrons. The summed E-state index contributed by atoms with van der Waals surface area (Å²) in [6.07, 6.45) is 3.36. The Balaban J connectivity index is 2.68. The smallest absolute Gasteiger partial charge is 0.227 e. The zero-order valence-electron chi connectivity index (χ0n) is 9.49. The summed E-state index contributed by atoms with van der Waals surface area (Å²) in [7, 11) is 0. The molecule has 1 saturated heterocycles. The minimum absolute atomic E-state index is 0.0235. The average molecular weight is 198 g/mol. The second kappa shape index (κ2) is 4.78. The monoisotopic (exact) mass is 198 g/mol. The molecule has 0 aliphatic carbocycles. The molecule has 3 unspecified atom stereocenters. The summed E-state index contributed by atoms with van der Waals surface area (Å²) in [6, 6.07) is 0.855. The Morgan fingerprint density at radius 2 is 2.21 bits per heavy atom. The van der Waals surface area contributed by atoms with Crippen molar-refractivity contribution in [1.82, 2.24) is 4.90 Å². The largest absolute Gasteiger partial charge is 0.337 e. The fraction of sp³-hybridized carbons (Fsp3) is 0.909. The van der Waals surface area contributed by atoms with Crippen LogP contribution in [0.25, 0.3) is 0 Å². The van der Waals surface area contributed by atoms with Gasteiger partial charge in [-0.2, -0.15) is 0 Å². The van der Waals surface area contributed by atoms with E-state index < -0.39 is 0 Å². The Morgan fingerprint density at radius 3 is 2.71 bits per heavy atom. The molecule has 1 aliphatic heterocycles. The van der Waals surface area contributed by atoms with Crippen molar-refractivity contribution in [3.8, 4) is 0 Å². The first kappa shape index (κ1) is 11.5. The molecule has 0 aromatic carbocycles. The van der Waals surface area contributed by atoms with Crippen LogP contribution < -0.4 is 5.73 Å². The Bertz CT molecular complexity index is 205. The van der Waals surface area contributed by atoms with Gasteiger partial charge in [-0.1, -0.05) is 13.8 Å². The van der Waals surface area contributed by atoms with Crippen LogP contribution in [0.5, 0.6) is 0 Å². The van der Waals surface area contributed by atoms with Crippen LogP contribution >= 0.6 is 0 Å². The van der Waals surface area contributed by atoms with Crippen LogP contribution in [0.4, 0.5) is 0 Å². The summed E-state index contributed by atoms with van der Waals surface area (Å²) in [5, 5.41) is 0. The van der Waals surface area contributed by atoms with E-state index >= 15 is 0 Å². The minimum Gasteiger partial charge on any atom is -0.337 e. The van der Waals surface area contributed by atoms with Crippen molar-refractivity contribution in [3.05, 3.63) is 0 Å². The second-order valence-electron chi connectivity index (χ2n) is 4.37. The highest BCUT2D eigenvalue weighted by Gasteiger charge is 2.34. The van der Waals surface area contributed by atoms with E-state index in [-0.39, 0.29) is 11.8 Å². The van der Waals surface area contributed by atoms with Crippen molar-refractivity contribution in [2.24, 2.45) is 11.7 Å². The fourth-order valence-electron chi connectivity index (χ4n) is 2.22. The molecule has 3 atom stereocenters. The number of nitrogens with two attached hydrogens (primary N) is 1. The maximum Gasteiger partial charge on any atom is 0.227 e. The van der Waals surface area contributed by atoms with Gasteiger partial charge in [0.05, 0.1) is 0 Å². The number of hydrogen-bond donors (Lipinski definition) is 1. The summed E-state index contributed by atoms with van der Waals surface area (Å²) in [4.78, 5) is 14.1. The first-order valence-electron chi connectivity index (χ1n) is 5.64. The third kappa shape index (κ3) is 2.08. The molecule has 0 aromatic heterocycles. The molecule has 0 bridgehead atoms. The normalized spacial score (nSPS) is 29.3. The zero-order chi connectivity index (χ0) is 10.7. The predicted molar refractivity (Wildman–Crippen MR) is 57.8 cm³/mol. The lowest BCUT2D eigenvalue weighted by Gasteiger charge is -2.30. The number of carbonyl (C=O) groups excluding carboxylic acids is 1. The van der Waals surface area contributed by atoms with E-state index in [0.29, 0.717) is 18.6 Å². The lowest BCUT2D eigenvalue weighted by molar-refractivity contribution is -0.137. The number of hydrogen-bond acceptors (Lipinski definition) is 2. The van der Waals surface area contributed by atoms with Crippen LogP contribution in [0, 0.1) is 5.92 Å². The maximum atomic E-state index is 12.0. The van der Waals surface area contributed by atoms with Crippen LogP contribution in [-0.4, -0.2) is 29.4 Å². The Hall–Kier alpha value is -0.570. The lowest BCUT2D eigenvalue weighted by Crippen LogP contribution is -2.44. The van der Waals surface area contributed by atoms with Gasteiger partial charge in [0.15, 0.2) is 0 Å². The van der Waals surface area contributed by atoms with Gasteiger partial charge in [-0.05, 0) is 26.2 Å². The van der Waals surface area contributed by atoms with Gasteiger partial charge in [-0.15, -0.1) is 0 Å².